The van der Waals surface area contributed by atoms with Crippen LogP contribution >= 0.6 is 0 Å². The van der Waals surface area contributed by atoms with Gasteiger partial charge in [-0.1, -0.05) is 0 Å². The second-order valence-corrected chi connectivity index (χ2v) is 5.52. The van der Waals surface area contributed by atoms with E-state index in [4.69, 9.17) is 4.74 Å². The number of carbonyl (C=O) groups is 2. The number of carbonyl (C=O) groups excluding carboxylic acids is 2. The standard InChI is InChI=1S/C19H20FN3O3/c1-13(14-3-9-17(26-2)10-4-14)22-23-19(25)12-11-18(24)21-16-7-5-15(20)6-8-16/h3-10H,11-12H2,1-2H3,(H,21,24)(H,23,25)/b22-13+. The van der Waals surface area contributed by atoms with Gasteiger partial charge < -0.3 is 10.1 Å². The lowest BCUT2D eigenvalue weighted by Gasteiger charge is -2.06. The third kappa shape index (κ3) is 6.01. The van der Waals surface area contributed by atoms with Crippen LogP contribution in [0.2, 0.25) is 0 Å². The Morgan fingerprint density at radius 2 is 1.62 bits per heavy atom. The first-order chi connectivity index (χ1) is 12.5. The van der Waals surface area contributed by atoms with Gasteiger partial charge in [0.15, 0.2) is 0 Å². The first kappa shape index (κ1) is 19.1. The van der Waals surface area contributed by atoms with Crippen LogP contribution in [-0.4, -0.2) is 24.6 Å². The van der Waals surface area contributed by atoms with Crippen molar-refractivity contribution < 1.29 is 18.7 Å². The normalized spacial score (nSPS) is 11.0. The predicted octanol–water partition coefficient (Wildman–Crippen LogP) is 3.09. The number of rotatable bonds is 7. The van der Waals surface area contributed by atoms with E-state index in [-0.39, 0.29) is 30.5 Å². The third-order valence-electron chi connectivity index (χ3n) is 3.56. The summed E-state index contributed by atoms with van der Waals surface area (Å²) >= 11 is 0. The molecule has 0 unspecified atom stereocenters. The van der Waals surface area contributed by atoms with E-state index in [1.165, 1.54) is 24.3 Å². The van der Waals surface area contributed by atoms with Crippen LogP contribution in [0.4, 0.5) is 10.1 Å². The Kier molecular flexibility index (Phi) is 6.84. The molecular formula is C19H20FN3O3. The van der Waals surface area contributed by atoms with Crippen LogP contribution in [0.15, 0.2) is 53.6 Å². The van der Waals surface area contributed by atoms with E-state index >= 15 is 0 Å². The molecule has 136 valence electrons. The molecule has 0 spiro atoms. The summed E-state index contributed by atoms with van der Waals surface area (Å²) in [6.45, 7) is 1.77. The van der Waals surface area contributed by atoms with Crippen LogP contribution in [0, 0.1) is 5.82 Å². The minimum absolute atomic E-state index is 0.000311. The smallest absolute Gasteiger partial charge is 0.240 e. The van der Waals surface area contributed by atoms with Gasteiger partial charge in [0.05, 0.1) is 12.8 Å². The molecule has 0 heterocycles. The molecule has 0 aromatic heterocycles. The molecule has 2 aromatic carbocycles. The molecule has 0 radical (unpaired) electrons. The zero-order valence-electron chi connectivity index (χ0n) is 14.6. The van der Waals surface area contributed by atoms with Crippen LogP contribution in [0.1, 0.15) is 25.3 Å². The molecular weight excluding hydrogens is 337 g/mol. The van der Waals surface area contributed by atoms with Crippen LogP contribution < -0.4 is 15.5 Å². The van der Waals surface area contributed by atoms with E-state index < -0.39 is 0 Å². The Morgan fingerprint density at radius 1 is 1.00 bits per heavy atom. The van der Waals surface area contributed by atoms with Crippen molar-refractivity contribution in [1.82, 2.24) is 5.43 Å². The first-order valence-electron chi connectivity index (χ1n) is 8.01. The van der Waals surface area contributed by atoms with Crippen molar-refractivity contribution >= 4 is 23.2 Å². The highest BCUT2D eigenvalue weighted by molar-refractivity contribution is 5.99. The summed E-state index contributed by atoms with van der Waals surface area (Å²) < 4.78 is 17.9. The van der Waals surface area contributed by atoms with Gasteiger partial charge in [-0.3, -0.25) is 9.59 Å². The lowest BCUT2D eigenvalue weighted by atomic mass is 10.1. The van der Waals surface area contributed by atoms with Gasteiger partial charge in [-0.15, -0.1) is 0 Å². The number of hydrogen-bond donors (Lipinski definition) is 2. The van der Waals surface area contributed by atoms with Gasteiger partial charge in [0.1, 0.15) is 11.6 Å². The number of hydrazone groups is 1. The van der Waals surface area contributed by atoms with Crippen molar-refractivity contribution in [2.24, 2.45) is 5.10 Å². The second kappa shape index (κ2) is 9.31. The van der Waals surface area contributed by atoms with E-state index in [1.807, 2.05) is 12.1 Å². The van der Waals surface area contributed by atoms with Gasteiger partial charge in [-0.2, -0.15) is 5.10 Å². The third-order valence-corrected chi connectivity index (χ3v) is 3.56. The van der Waals surface area contributed by atoms with E-state index in [0.29, 0.717) is 11.4 Å². The summed E-state index contributed by atoms with van der Waals surface area (Å²) in [4.78, 5) is 23.6. The number of hydrogen-bond acceptors (Lipinski definition) is 4. The van der Waals surface area contributed by atoms with E-state index in [2.05, 4.69) is 15.8 Å². The molecule has 2 amide bonds. The quantitative estimate of drug-likeness (QED) is 0.590. The van der Waals surface area contributed by atoms with Gasteiger partial charge in [0.25, 0.3) is 0 Å². The molecule has 0 bridgehead atoms. The number of anilines is 1. The van der Waals surface area contributed by atoms with Crippen molar-refractivity contribution in [3.05, 3.63) is 59.9 Å². The Bertz CT molecular complexity index is 787. The van der Waals surface area contributed by atoms with Gasteiger partial charge in [0, 0.05) is 18.5 Å². The van der Waals surface area contributed by atoms with E-state index in [0.717, 1.165) is 11.3 Å². The number of amides is 2. The molecule has 6 nitrogen and oxygen atoms in total. The summed E-state index contributed by atoms with van der Waals surface area (Å²) in [5.74, 6) is -0.347. The lowest BCUT2D eigenvalue weighted by Crippen LogP contribution is -2.21. The van der Waals surface area contributed by atoms with Crippen LogP contribution in [0.25, 0.3) is 0 Å². The van der Waals surface area contributed by atoms with Gasteiger partial charge in [0.2, 0.25) is 11.8 Å². The number of nitrogens with zero attached hydrogens (tertiary/aromatic N) is 1. The largest absolute Gasteiger partial charge is 0.497 e. The molecule has 0 fully saturated rings. The maximum atomic E-state index is 12.8. The van der Waals surface area contributed by atoms with Gasteiger partial charge in [-0.25, -0.2) is 9.82 Å². The number of halogens is 1. The minimum Gasteiger partial charge on any atom is -0.497 e. The maximum absolute atomic E-state index is 12.8. The average Bonchev–Trinajstić information content (AvgIpc) is 2.66. The van der Waals surface area contributed by atoms with Crippen LogP contribution in [0.5, 0.6) is 5.75 Å². The van der Waals surface area contributed by atoms with Gasteiger partial charge >= 0.3 is 0 Å². The van der Waals surface area contributed by atoms with Crippen molar-refractivity contribution in [3.63, 3.8) is 0 Å². The number of benzene rings is 2. The fourth-order valence-electron chi connectivity index (χ4n) is 2.08. The second-order valence-electron chi connectivity index (χ2n) is 5.52. The van der Waals surface area contributed by atoms with E-state index in [9.17, 15) is 14.0 Å². The Labute approximate surface area is 151 Å². The molecule has 0 aliphatic carbocycles. The van der Waals surface area contributed by atoms with Crippen molar-refractivity contribution in [1.29, 1.82) is 0 Å². The zero-order valence-corrected chi connectivity index (χ0v) is 14.6. The molecule has 0 aliphatic rings. The fraction of sp³-hybridized carbons (Fsp3) is 0.211. The summed E-state index contributed by atoms with van der Waals surface area (Å²) in [6.07, 6.45) is -0.00721. The fourth-order valence-corrected chi connectivity index (χ4v) is 2.08. The molecule has 7 heteroatoms. The summed E-state index contributed by atoms with van der Waals surface area (Å²) in [5.41, 5.74) is 4.38. The molecule has 26 heavy (non-hydrogen) atoms. The molecule has 2 N–H and O–H groups in total. The molecule has 0 atom stereocenters. The van der Waals surface area contributed by atoms with Crippen LogP contribution in [0.3, 0.4) is 0 Å². The molecule has 0 saturated heterocycles. The molecule has 0 saturated carbocycles. The number of nitrogens with one attached hydrogen (secondary N) is 2. The van der Waals surface area contributed by atoms with Crippen molar-refractivity contribution in [2.45, 2.75) is 19.8 Å². The summed E-state index contributed by atoms with van der Waals surface area (Å²) in [6, 6.07) is 12.7. The monoisotopic (exact) mass is 357 g/mol. The minimum atomic E-state index is -0.382. The number of ether oxygens (including phenoxy) is 1. The summed E-state index contributed by atoms with van der Waals surface area (Å²) in [5, 5.41) is 6.62. The Hall–Kier alpha value is -3.22. The number of methoxy groups -OCH3 is 1. The maximum Gasteiger partial charge on any atom is 0.240 e. The molecule has 2 aromatic rings. The van der Waals surface area contributed by atoms with Crippen LogP contribution in [-0.2, 0) is 9.59 Å². The summed E-state index contributed by atoms with van der Waals surface area (Å²) in [7, 11) is 1.59. The molecule has 0 aliphatic heterocycles. The van der Waals surface area contributed by atoms with Crippen molar-refractivity contribution in [3.8, 4) is 5.75 Å². The molecule has 2 rings (SSSR count). The highest BCUT2D eigenvalue weighted by Crippen LogP contribution is 2.12. The Morgan fingerprint density at radius 3 is 2.23 bits per heavy atom. The zero-order chi connectivity index (χ0) is 18.9. The van der Waals surface area contributed by atoms with E-state index in [1.54, 1.807) is 26.2 Å². The Balaban J connectivity index is 1.78. The van der Waals surface area contributed by atoms with Gasteiger partial charge in [-0.05, 0) is 61.0 Å². The topological polar surface area (TPSA) is 79.8 Å². The predicted molar refractivity (Wildman–Crippen MR) is 97.6 cm³/mol. The highest BCUT2D eigenvalue weighted by Gasteiger charge is 2.07. The SMILES string of the molecule is COc1ccc(/C(C)=N/NC(=O)CCC(=O)Nc2ccc(F)cc2)cc1. The van der Waals surface area contributed by atoms with Crippen molar-refractivity contribution in [2.75, 3.05) is 12.4 Å². The lowest BCUT2D eigenvalue weighted by molar-refractivity contribution is -0.124. The average molecular weight is 357 g/mol. The highest BCUT2D eigenvalue weighted by atomic mass is 19.1. The first-order valence-corrected chi connectivity index (χ1v) is 8.01.